The van der Waals surface area contributed by atoms with Crippen molar-refractivity contribution in [3.8, 4) is 0 Å². The molecule has 0 amide bonds. The van der Waals surface area contributed by atoms with E-state index >= 15 is 0 Å². The number of allylic oxidation sites excluding steroid dienone is 2. The molecule has 1 unspecified atom stereocenters. The van der Waals surface area contributed by atoms with Crippen molar-refractivity contribution in [1.29, 1.82) is 0 Å². The van der Waals surface area contributed by atoms with Gasteiger partial charge in [0.05, 0.1) is 16.6 Å². The second-order valence-electron chi connectivity index (χ2n) is 19.0. The minimum Gasteiger partial charge on any atom is -0.389 e. The van der Waals surface area contributed by atoms with Crippen LogP contribution in [0.4, 0.5) is 0 Å². The quantitative estimate of drug-likeness (QED) is 0.314. The second-order valence-corrected chi connectivity index (χ2v) is 19.0. The van der Waals surface area contributed by atoms with Crippen LogP contribution in [0.3, 0.4) is 0 Å². The van der Waals surface area contributed by atoms with Crippen molar-refractivity contribution in [2.45, 2.75) is 174 Å². The summed E-state index contributed by atoms with van der Waals surface area (Å²) in [5, 5.41) is 11.5. The summed E-state index contributed by atoms with van der Waals surface area (Å²) in [4.78, 5) is 49.2. The van der Waals surface area contributed by atoms with Gasteiger partial charge in [-0.2, -0.15) is 0 Å². The SMILES string of the molecule is CCC1O[C@]2(C(C)=O)CC[C@@]3(O1)[C@@H]1CCC4=CC(=O)CC[C@]4(C)[C@H]1CC[C@]23C.C[C@]12CCC(=O)C=C1CC[C@@H]1[C@@H]2CC[C@]2(C)C(=O)CC[C@@]12O. The van der Waals surface area contributed by atoms with E-state index in [1.807, 2.05) is 19.1 Å². The molecule has 7 heteroatoms. The number of fused-ring (bicyclic) bond motifs is 8. The fourth-order valence-electron chi connectivity index (χ4n) is 14.6. The van der Waals surface area contributed by atoms with Crippen molar-refractivity contribution < 1.29 is 33.8 Å². The molecule has 9 aliphatic rings. The molecule has 6 saturated carbocycles. The lowest BCUT2D eigenvalue weighted by Gasteiger charge is -2.66. The Hall–Kier alpha value is -1.96. The van der Waals surface area contributed by atoms with Gasteiger partial charge < -0.3 is 14.6 Å². The van der Waals surface area contributed by atoms with Gasteiger partial charge in [-0.25, -0.2) is 0 Å². The van der Waals surface area contributed by atoms with Gasteiger partial charge in [0.25, 0.3) is 0 Å². The van der Waals surface area contributed by atoms with E-state index in [1.165, 1.54) is 11.1 Å². The normalized spacial score (nSPS) is 51.7. The minimum absolute atomic E-state index is 0.0551. The highest BCUT2D eigenvalue weighted by Gasteiger charge is 2.77. The third kappa shape index (κ3) is 4.26. The average molecular weight is 689 g/mol. The Balaban J connectivity index is 0.000000149. The molecule has 1 N–H and O–H groups in total. The van der Waals surface area contributed by atoms with Crippen LogP contribution in [0.1, 0.15) is 151 Å². The summed E-state index contributed by atoms with van der Waals surface area (Å²) < 4.78 is 13.3. The van der Waals surface area contributed by atoms with E-state index in [0.717, 1.165) is 83.5 Å². The highest BCUT2D eigenvalue weighted by atomic mass is 16.7. The number of rotatable bonds is 2. The maximum Gasteiger partial charge on any atom is 0.162 e. The Bertz CT molecular complexity index is 1590. The van der Waals surface area contributed by atoms with Gasteiger partial charge in [0.15, 0.2) is 23.6 Å². The average Bonchev–Trinajstić information content (AvgIpc) is 3.38. The Morgan fingerprint density at radius 1 is 0.700 bits per heavy atom. The van der Waals surface area contributed by atoms with Crippen molar-refractivity contribution >= 4 is 23.1 Å². The molecular formula is C43H60O7. The summed E-state index contributed by atoms with van der Waals surface area (Å²) in [6.07, 6.45) is 18.2. The highest BCUT2D eigenvalue weighted by molar-refractivity contribution is 5.92. The first-order chi connectivity index (χ1) is 23.5. The third-order valence-electron chi connectivity index (χ3n) is 17.7. The van der Waals surface area contributed by atoms with Crippen molar-refractivity contribution in [2.75, 3.05) is 0 Å². The smallest absolute Gasteiger partial charge is 0.162 e. The molecule has 1 saturated heterocycles. The topological polar surface area (TPSA) is 107 Å². The molecular weight excluding hydrogens is 628 g/mol. The minimum atomic E-state index is -0.816. The molecule has 12 atom stereocenters. The van der Waals surface area contributed by atoms with Gasteiger partial charge in [-0.15, -0.1) is 0 Å². The summed E-state index contributed by atoms with van der Waals surface area (Å²) in [7, 11) is 0. The molecule has 0 radical (unpaired) electrons. The lowest BCUT2D eigenvalue weighted by Crippen LogP contribution is -2.71. The van der Waals surface area contributed by atoms with Crippen molar-refractivity contribution in [3.63, 3.8) is 0 Å². The van der Waals surface area contributed by atoms with Gasteiger partial charge >= 0.3 is 0 Å². The Morgan fingerprint density at radius 3 is 1.88 bits per heavy atom. The summed E-state index contributed by atoms with van der Waals surface area (Å²) >= 11 is 0. The predicted octanol–water partition coefficient (Wildman–Crippen LogP) is 7.95. The first-order valence-electron chi connectivity index (χ1n) is 20.1. The van der Waals surface area contributed by atoms with Gasteiger partial charge in [0.1, 0.15) is 11.4 Å². The molecule has 8 aliphatic carbocycles. The predicted molar refractivity (Wildman–Crippen MR) is 189 cm³/mol. The van der Waals surface area contributed by atoms with Gasteiger partial charge in [0.2, 0.25) is 0 Å². The van der Waals surface area contributed by atoms with Crippen LogP contribution in [0, 0.1) is 45.3 Å². The number of hydrogen-bond acceptors (Lipinski definition) is 7. The van der Waals surface area contributed by atoms with E-state index in [4.69, 9.17) is 9.47 Å². The third-order valence-corrected chi connectivity index (χ3v) is 17.7. The number of Topliss-reactive ketones (excluding diaryl/α,β-unsaturated/α-hetero) is 2. The lowest BCUT2D eigenvalue weighted by molar-refractivity contribution is -0.369. The fourth-order valence-corrected chi connectivity index (χ4v) is 14.6. The zero-order chi connectivity index (χ0) is 35.7. The fraction of sp³-hybridized carbons (Fsp3) is 0.814. The van der Waals surface area contributed by atoms with Crippen LogP contribution in [0.25, 0.3) is 0 Å². The van der Waals surface area contributed by atoms with E-state index < -0.39 is 16.6 Å². The molecule has 50 heavy (non-hydrogen) atoms. The second kappa shape index (κ2) is 11.3. The van der Waals surface area contributed by atoms with E-state index in [-0.39, 0.29) is 51.4 Å². The number of aliphatic hydroxyl groups is 1. The molecule has 0 aromatic carbocycles. The van der Waals surface area contributed by atoms with E-state index in [1.54, 1.807) is 6.92 Å². The first-order valence-corrected chi connectivity index (χ1v) is 20.1. The van der Waals surface area contributed by atoms with Gasteiger partial charge in [-0.1, -0.05) is 38.8 Å². The lowest BCUT2D eigenvalue weighted by atomic mass is 9.44. The number of hydrogen-bond donors (Lipinski definition) is 1. The van der Waals surface area contributed by atoms with E-state index in [9.17, 15) is 24.3 Å². The molecule has 2 bridgehead atoms. The highest BCUT2D eigenvalue weighted by Crippen LogP contribution is 2.73. The standard InChI is InChI=1S/C24H34O4.C19H26O3/c1-5-20-27-23(15(2)25)12-13-24(28-20)19-7-6-16-14-17(26)8-10-21(16,3)18(19)9-11-22(23,24)4;1-17-8-5-13(20)11-12(17)3-4-15-14(17)6-9-18(2)16(21)7-10-19(15,18)22/h14,18-20H,5-13H2,1-4H3;11,14-15,22H,3-10H2,1-2H3/t18-,19+,20?,21-,22+,23-,24+;14-,15+,17-,18+,19+/m00/s1. The summed E-state index contributed by atoms with van der Waals surface area (Å²) in [5.74, 6) is 2.63. The van der Waals surface area contributed by atoms with Gasteiger partial charge in [0, 0.05) is 24.7 Å². The van der Waals surface area contributed by atoms with Crippen molar-refractivity contribution in [2.24, 2.45) is 45.3 Å². The van der Waals surface area contributed by atoms with Crippen LogP contribution in [0.15, 0.2) is 23.3 Å². The molecule has 274 valence electrons. The van der Waals surface area contributed by atoms with Crippen LogP contribution in [0.2, 0.25) is 0 Å². The number of ketones is 4. The summed E-state index contributed by atoms with van der Waals surface area (Å²) in [6.45, 7) is 12.8. The largest absolute Gasteiger partial charge is 0.389 e. The number of carbonyl (C=O) groups excluding carboxylic acids is 4. The molecule has 1 heterocycles. The Labute approximate surface area is 298 Å². The summed E-state index contributed by atoms with van der Waals surface area (Å²) in [5.41, 5.74) is 0.297. The van der Waals surface area contributed by atoms with Crippen LogP contribution in [-0.2, 0) is 28.7 Å². The van der Waals surface area contributed by atoms with Crippen molar-refractivity contribution in [3.05, 3.63) is 23.3 Å². The monoisotopic (exact) mass is 688 g/mol. The molecule has 1 aliphatic heterocycles. The van der Waals surface area contributed by atoms with Crippen LogP contribution in [-0.4, -0.2) is 51.3 Å². The Kier molecular flexibility index (Phi) is 7.91. The van der Waals surface area contributed by atoms with Crippen LogP contribution < -0.4 is 0 Å². The Morgan fingerprint density at radius 2 is 1.28 bits per heavy atom. The summed E-state index contributed by atoms with van der Waals surface area (Å²) in [6, 6.07) is 0. The van der Waals surface area contributed by atoms with Crippen molar-refractivity contribution in [1.82, 2.24) is 0 Å². The maximum absolute atomic E-state index is 13.0. The molecule has 9 rings (SSSR count). The first kappa shape index (κ1) is 35.1. The van der Waals surface area contributed by atoms with E-state index in [0.29, 0.717) is 49.2 Å². The molecule has 0 aromatic rings. The number of carbonyl (C=O) groups is 4. The number of ether oxygens (including phenoxy) is 2. The van der Waals surface area contributed by atoms with Gasteiger partial charge in [-0.3, -0.25) is 19.2 Å². The maximum atomic E-state index is 13.0. The van der Waals surface area contributed by atoms with E-state index in [2.05, 4.69) is 27.7 Å². The van der Waals surface area contributed by atoms with Gasteiger partial charge in [-0.05, 0) is 150 Å². The van der Waals surface area contributed by atoms with Crippen LogP contribution in [0.5, 0.6) is 0 Å². The molecule has 0 spiro atoms. The molecule has 7 nitrogen and oxygen atoms in total. The molecule has 7 fully saturated rings. The zero-order valence-electron chi connectivity index (χ0n) is 31.5. The molecule has 0 aromatic heterocycles. The zero-order valence-corrected chi connectivity index (χ0v) is 31.5. The van der Waals surface area contributed by atoms with Crippen LogP contribution >= 0.6 is 0 Å².